The third kappa shape index (κ3) is 5.72. The molecule has 4 atom stereocenters. The minimum Gasteiger partial charge on any atom is -0.421 e. The SMILES string of the molecule is CCC(=N/C=C(\N)C(=O)NC1=CC=C(F)C([C@]23COC[C@H](C)C2CSC(=N)N3)C1)OC(F)F. The lowest BCUT2D eigenvalue weighted by atomic mass is 9.66. The topological polar surface area (TPSA) is 122 Å². The van der Waals surface area contributed by atoms with Crippen LogP contribution >= 0.6 is 11.8 Å². The summed E-state index contributed by atoms with van der Waals surface area (Å²) in [5, 5.41) is 14.2. The number of nitrogens with zero attached hydrogens (tertiary/aromatic N) is 1. The molecule has 2 fully saturated rings. The van der Waals surface area contributed by atoms with Crippen molar-refractivity contribution in [1.29, 1.82) is 5.41 Å². The smallest absolute Gasteiger partial charge is 0.388 e. The van der Waals surface area contributed by atoms with Crippen molar-refractivity contribution in [2.24, 2.45) is 28.5 Å². The molecule has 33 heavy (non-hydrogen) atoms. The summed E-state index contributed by atoms with van der Waals surface area (Å²) >= 11 is 1.40. The van der Waals surface area contributed by atoms with E-state index in [0.717, 1.165) is 6.20 Å². The molecule has 0 aromatic rings. The van der Waals surface area contributed by atoms with Gasteiger partial charge in [0, 0.05) is 30.4 Å². The molecule has 182 valence electrons. The van der Waals surface area contributed by atoms with Crippen LogP contribution in [0.5, 0.6) is 0 Å². The summed E-state index contributed by atoms with van der Waals surface area (Å²) in [6, 6.07) is 0. The van der Waals surface area contributed by atoms with Crippen LogP contribution in [0, 0.1) is 23.2 Å². The Hall–Kier alpha value is -2.47. The summed E-state index contributed by atoms with van der Waals surface area (Å²) in [5.74, 6) is -1.04. The molecular weight excluding hydrogens is 459 g/mol. The quantitative estimate of drug-likeness (QED) is 0.260. The molecule has 12 heteroatoms. The maximum absolute atomic E-state index is 15.1. The molecule has 1 aliphatic carbocycles. The normalized spacial score (nSPS) is 30.7. The van der Waals surface area contributed by atoms with Crippen LogP contribution in [0.2, 0.25) is 0 Å². The molecule has 0 radical (unpaired) electrons. The van der Waals surface area contributed by atoms with Gasteiger partial charge in [0.2, 0.25) is 0 Å². The second-order valence-electron chi connectivity index (χ2n) is 8.20. The third-order valence-corrected chi connectivity index (χ3v) is 6.97. The number of hydrogen-bond donors (Lipinski definition) is 4. The highest BCUT2D eigenvalue weighted by Gasteiger charge is 2.54. The monoisotopic (exact) mass is 487 g/mol. The van der Waals surface area contributed by atoms with Gasteiger partial charge in [0.15, 0.2) is 11.1 Å². The number of aliphatic imine (C=N–C) groups is 1. The van der Waals surface area contributed by atoms with E-state index >= 15 is 4.39 Å². The van der Waals surface area contributed by atoms with Crippen molar-refractivity contribution >= 4 is 28.7 Å². The van der Waals surface area contributed by atoms with Crippen LogP contribution in [-0.4, -0.2) is 48.1 Å². The van der Waals surface area contributed by atoms with Crippen LogP contribution in [-0.2, 0) is 14.3 Å². The van der Waals surface area contributed by atoms with Gasteiger partial charge >= 0.3 is 6.61 Å². The fourth-order valence-electron chi connectivity index (χ4n) is 4.38. The average Bonchev–Trinajstić information content (AvgIpc) is 2.77. The molecule has 2 aliphatic heterocycles. The van der Waals surface area contributed by atoms with E-state index in [2.05, 4.69) is 20.4 Å². The Morgan fingerprint density at radius 3 is 3.00 bits per heavy atom. The number of nitrogens with one attached hydrogen (secondary N) is 3. The number of hydrogen-bond acceptors (Lipinski definition) is 7. The molecule has 2 saturated heterocycles. The van der Waals surface area contributed by atoms with Crippen molar-refractivity contribution < 1.29 is 27.4 Å². The van der Waals surface area contributed by atoms with Crippen molar-refractivity contribution in [3.05, 3.63) is 35.6 Å². The Labute approximate surface area is 194 Å². The number of carbonyl (C=O) groups excluding carboxylic acids is 1. The summed E-state index contributed by atoms with van der Waals surface area (Å²) < 4.78 is 49.8. The number of allylic oxidation sites excluding steroid dienone is 3. The van der Waals surface area contributed by atoms with Gasteiger partial charge in [-0.2, -0.15) is 8.78 Å². The first-order valence-corrected chi connectivity index (χ1v) is 11.6. The van der Waals surface area contributed by atoms with Gasteiger partial charge in [-0.1, -0.05) is 25.6 Å². The maximum Gasteiger partial charge on any atom is 0.388 e. The van der Waals surface area contributed by atoms with E-state index in [1.165, 1.54) is 23.9 Å². The van der Waals surface area contributed by atoms with Crippen molar-refractivity contribution in [2.75, 3.05) is 19.0 Å². The molecule has 0 spiro atoms. The molecular formula is C21H28F3N5O3S. The molecule has 0 bridgehead atoms. The molecule has 3 aliphatic rings. The number of alkyl halides is 2. The third-order valence-electron chi connectivity index (χ3n) is 6.06. The second-order valence-corrected chi connectivity index (χ2v) is 9.23. The lowest BCUT2D eigenvalue weighted by molar-refractivity contribution is -0.117. The van der Waals surface area contributed by atoms with Crippen molar-refractivity contribution in [3.8, 4) is 0 Å². The summed E-state index contributed by atoms with van der Waals surface area (Å²) in [4.78, 5) is 16.2. The fourth-order valence-corrected chi connectivity index (χ4v) is 5.62. The van der Waals surface area contributed by atoms with Gasteiger partial charge < -0.3 is 25.8 Å². The van der Waals surface area contributed by atoms with Crippen LogP contribution in [0.1, 0.15) is 26.7 Å². The molecule has 3 rings (SSSR count). The van der Waals surface area contributed by atoms with Gasteiger partial charge in [-0.05, 0) is 30.4 Å². The Kier molecular flexibility index (Phi) is 8.11. The lowest BCUT2D eigenvalue weighted by Crippen LogP contribution is -2.68. The number of halogens is 3. The lowest BCUT2D eigenvalue weighted by Gasteiger charge is -2.54. The molecule has 8 nitrogen and oxygen atoms in total. The highest BCUT2D eigenvalue weighted by atomic mass is 32.2. The number of thioether (sulfide) groups is 1. The van der Waals surface area contributed by atoms with Gasteiger partial charge in [0.05, 0.1) is 18.3 Å². The van der Waals surface area contributed by atoms with E-state index in [4.69, 9.17) is 15.9 Å². The number of fused-ring (bicyclic) bond motifs is 1. The van der Waals surface area contributed by atoms with Crippen LogP contribution in [0.15, 0.2) is 40.6 Å². The molecule has 0 aromatic heterocycles. The molecule has 2 heterocycles. The summed E-state index contributed by atoms with van der Waals surface area (Å²) in [6.07, 6.45) is 3.96. The minimum absolute atomic E-state index is 0.0751. The molecule has 1 amide bonds. The predicted molar refractivity (Wildman–Crippen MR) is 120 cm³/mol. The van der Waals surface area contributed by atoms with Gasteiger partial charge in [-0.15, -0.1) is 0 Å². The average molecular weight is 488 g/mol. The maximum atomic E-state index is 15.1. The summed E-state index contributed by atoms with van der Waals surface area (Å²) in [7, 11) is 0. The summed E-state index contributed by atoms with van der Waals surface area (Å²) in [6.45, 7) is 1.41. The Morgan fingerprint density at radius 1 is 1.55 bits per heavy atom. The number of nitrogens with two attached hydrogens (primary N) is 1. The van der Waals surface area contributed by atoms with Crippen LogP contribution in [0.4, 0.5) is 13.2 Å². The Bertz CT molecular complexity index is 908. The van der Waals surface area contributed by atoms with Crippen molar-refractivity contribution in [2.45, 2.75) is 38.8 Å². The summed E-state index contributed by atoms with van der Waals surface area (Å²) in [5.41, 5.74) is 5.05. The number of ether oxygens (including phenoxy) is 2. The Balaban J connectivity index is 1.75. The first kappa shape index (κ1) is 25.2. The molecule has 5 N–H and O–H groups in total. The van der Waals surface area contributed by atoms with Gasteiger partial charge in [0.1, 0.15) is 11.5 Å². The van der Waals surface area contributed by atoms with Gasteiger partial charge in [-0.3, -0.25) is 10.2 Å². The van der Waals surface area contributed by atoms with Gasteiger partial charge in [-0.25, -0.2) is 9.38 Å². The molecule has 2 unspecified atom stereocenters. The van der Waals surface area contributed by atoms with E-state index in [1.54, 1.807) is 6.92 Å². The molecule has 0 aromatic carbocycles. The fraction of sp³-hybridized carbons (Fsp3) is 0.571. The first-order valence-electron chi connectivity index (χ1n) is 10.6. The highest BCUT2D eigenvalue weighted by Crippen LogP contribution is 2.47. The largest absolute Gasteiger partial charge is 0.421 e. The van der Waals surface area contributed by atoms with E-state index in [0.29, 0.717) is 18.1 Å². The zero-order valence-corrected chi connectivity index (χ0v) is 19.2. The predicted octanol–water partition coefficient (Wildman–Crippen LogP) is 3.00. The van der Waals surface area contributed by atoms with Crippen LogP contribution in [0.3, 0.4) is 0 Å². The highest BCUT2D eigenvalue weighted by molar-refractivity contribution is 8.13. The van der Waals surface area contributed by atoms with Crippen molar-refractivity contribution in [1.82, 2.24) is 10.6 Å². The van der Waals surface area contributed by atoms with Crippen LogP contribution < -0.4 is 16.4 Å². The second kappa shape index (κ2) is 10.6. The van der Waals surface area contributed by atoms with Crippen LogP contribution in [0.25, 0.3) is 0 Å². The number of rotatable bonds is 6. The standard InChI is InChI=1S/C21H28F3N5O3S/c1-3-17(32-19(23)24)27-7-16(25)18(30)28-12-4-5-15(22)13(6-12)21-10-31-8-11(2)14(21)9-33-20(26)29-21/h4-5,7,11,13-14,19H,3,6,8-10,25H2,1-2H3,(H2,26,29)(H,28,30)/b16-7-,27-17?/t11-,13?,14?,21+/m0/s1. The van der Waals surface area contributed by atoms with Crippen molar-refractivity contribution in [3.63, 3.8) is 0 Å². The minimum atomic E-state index is -3.03. The van der Waals surface area contributed by atoms with E-state index in [-0.39, 0.29) is 53.9 Å². The van der Waals surface area contributed by atoms with E-state index in [9.17, 15) is 13.6 Å². The Morgan fingerprint density at radius 2 is 2.30 bits per heavy atom. The zero-order valence-electron chi connectivity index (χ0n) is 18.4. The van der Waals surface area contributed by atoms with E-state index in [1.807, 2.05) is 6.92 Å². The number of amides is 1. The molecule has 0 saturated carbocycles. The first-order chi connectivity index (χ1) is 15.7. The number of amidine groups is 1. The zero-order chi connectivity index (χ0) is 24.2. The van der Waals surface area contributed by atoms with E-state index < -0.39 is 24.0 Å². The van der Waals surface area contributed by atoms with Gasteiger partial charge in [0.25, 0.3) is 5.91 Å². The number of carbonyl (C=O) groups is 1.